The van der Waals surface area contributed by atoms with Crippen LogP contribution in [0.15, 0.2) is 261 Å². The number of carbonyl (C=O) groups is 2. The molecule has 0 spiro atoms. The number of methoxy groups -OCH3 is 5. The Morgan fingerprint density at radius 1 is 0.384 bits per heavy atom. The van der Waals surface area contributed by atoms with Crippen LogP contribution in [-0.4, -0.2) is 142 Å². The fourth-order valence-corrected chi connectivity index (χ4v) is 19.6. The van der Waals surface area contributed by atoms with Gasteiger partial charge in [0.15, 0.2) is 0 Å². The number of carbonyl (C=O) groups excluding carboxylic acids is 2. The van der Waals surface area contributed by atoms with E-state index in [0.29, 0.717) is 96.6 Å². The fraction of sp³-hybridized carbons (Fsp3) is 0.224. The Morgan fingerprint density at radius 3 is 1.26 bits per heavy atom. The second-order valence-electron chi connectivity index (χ2n) is 33.7. The number of hydrogen-bond acceptors (Lipinski definition) is 21. The number of nitrogens with one attached hydrogen (secondary N) is 3. The number of nitrogen functional groups attached to an aromatic ring is 1. The molecule has 146 heavy (non-hydrogen) atoms. The normalized spacial score (nSPS) is 10.9. The number of anilines is 4. The maximum Gasteiger partial charge on any atom is 0.411 e. The van der Waals surface area contributed by atoms with Crippen LogP contribution in [0.2, 0.25) is 0 Å². The van der Waals surface area contributed by atoms with Gasteiger partial charge in [-0.25, -0.2) is 23.0 Å². The van der Waals surface area contributed by atoms with Crippen molar-refractivity contribution in [3.63, 3.8) is 0 Å². The van der Waals surface area contributed by atoms with Gasteiger partial charge in [0.2, 0.25) is 10.0 Å². The number of aryl methyl sites for hydroxylation is 5. The molecular formula is C116H114N16O12S2. The van der Waals surface area contributed by atoms with E-state index in [1.807, 2.05) is 221 Å². The Balaban J connectivity index is 0.000000146. The number of para-hydroxylation sites is 1. The van der Waals surface area contributed by atoms with Crippen LogP contribution in [0.3, 0.4) is 0 Å². The number of ether oxygens (including phenoxy) is 8. The van der Waals surface area contributed by atoms with Crippen molar-refractivity contribution in [3.8, 4) is 137 Å². The first-order valence-corrected chi connectivity index (χ1v) is 50.5. The van der Waals surface area contributed by atoms with Gasteiger partial charge in [0, 0.05) is 142 Å². The average Bonchev–Trinajstić information content (AvgIpc) is 1.61. The molecule has 0 aliphatic heterocycles. The molecule has 12 aromatic carbocycles. The molecule has 742 valence electrons. The van der Waals surface area contributed by atoms with E-state index in [2.05, 4.69) is 144 Å². The van der Waals surface area contributed by atoms with Crippen LogP contribution in [0.25, 0.3) is 143 Å². The number of sulfonamides is 1. The monoisotopic (exact) mass is 1990 g/mol. The van der Waals surface area contributed by atoms with Crippen molar-refractivity contribution in [1.29, 1.82) is 26.3 Å². The smallest absolute Gasteiger partial charge is 0.411 e. The number of nitrogens with two attached hydrogens (primary N) is 1. The molecule has 18 aromatic rings. The number of fused-ring (bicyclic) bond motifs is 6. The lowest BCUT2D eigenvalue weighted by atomic mass is 10.0. The molecule has 6 aromatic heterocycles. The zero-order valence-corrected chi connectivity index (χ0v) is 85.6. The van der Waals surface area contributed by atoms with Crippen molar-refractivity contribution in [2.45, 2.75) is 87.6 Å². The van der Waals surface area contributed by atoms with Crippen LogP contribution in [0.1, 0.15) is 82.7 Å². The first-order valence-electron chi connectivity index (χ1n) is 47.8. The fourth-order valence-electron chi connectivity index (χ4n) is 18.0. The van der Waals surface area contributed by atoms with E-state index in [-0.39, 0.29) is 0 Å². The van der Waals surface area contributed by atoms with Gasteiger partial charge in [0.1, 0.15) is 70.7 Å². The topological polar surface area (TPSA) is 364 Å². The van der Waals surface area contributed by atoms with E-state index in [1.54, 1.807) is 72.0 Å². The SMILES string of the molecule is CCCOC(=O)Nc1cccc(-c2c(C#N)c3cc(-c4cccc(OC)c4)ccc3n2CC)c1.CCOC(=O)Nc1cccc(-c2c(C#N)c3cc(-c4cccc(OC)c4)ccc3n2CC)c1.CCn1c(-c2ccc(NS(C)(=O)=O)cc2)c(C#N)c2ccc(OCCN(C)CCOC)cc21.CCn1c(-c2cccc(N)c2)c(C#N)c2cc(OC)ccc21.CCn1c(-c2nc3ccccc3s2)c(C#N)c2ccc(OC)cc21. The lowest BCUT2D eigenvalue weighted by molar-refractivity contribution is 0.150. The summed E-state index contributed by atoms with van der Waals surface area (Å²) in [7, 11) is 6.93. The van der Waals surface area contributed by atoms with Gasteiger partial charge in [-0.15, -0.1) is 11.3 Å². The summed E-state index contributed by atoms with van der Waals surface area (Å²) in [6.07, 6.45) is 0.876. The van der Waals surface area contributed by atoms with Gasteiger partial charge in [-0.3, -0.25) is 15.4 Å². The molecular weight excluding hydrogens is 1870 g/mol. The van der Waals surface area contributed by atoms with Gasteiger partial charge in [0.25, 0.3) is 0 Å². The van der Waals surface area contributed by atoms with Crippen LogP contribution < -0.4 is 44.8 Å². The van der Waals surface area contributed by atoms with Gasteiger partial charge in [-0.05, 0) is 234 Å². The second-order valence-corrected chi connectivity index (χ2v) is 36.5. The minimum Gasteiger partial charge on any atom is -0.497 e. The van der Waals surface area contributed by atoms with E-state index in [4.69, 9.17) is 48.6 Å². The molecule has 18 rings (SSSR count). The quantitative estimate of drug-likeness (QED) is 0.0304. The number of likely N-dealkylation sites (N-methyl/N-ethyl adjacent to an activating group) is 1. The molecule has 0 saturated heterocycles. The van der Waals surface area contributed by atoms with Crippen molar-refractivity contribution in [1.82, 2.24) is 32.7 Å². The first-order chi connectivity index (χ1) is 70.9. The molecule has 28 nitrogen and oxygen atoms in total. The van der Waals surface area contributed by atoms with Gasteiger partial charge in [0.05, 0.1) is 138 Å². The number of amides is 2. The summed E-state index contributed by atoms with van der Waals surface area (Å²) >= 11 is 1.62. The maximum absolute atomic E-state index is 12.0. The highest BCUT2D eigenvalue weighted by Crippen LogP contribution is 2.45. The number of thiazole rings is 1. The zero-order chi connectivity index (χ0) is 104. The summed E-state index contributed by atoms with van der Waals surface area (Å²) in [5, 5.41) is 60.6. The molecule has 0 fully saturated rings. The van der Waals surface area contributed by atoms with Gasteiger partial charge in [-0.1, -0.05) is 104 Å². The summed E-state index contributed by atoms with van der Waals surface area (Å²) in [6.45, 7) is 21.1. The minimum atomic E-state index is -3.35. The number of nitrogens with zero attached hydrogens (tertiary/aromatic N) is 12. The lowest BCUT2D eigenvalue weighted by Gasteiger charge is -2.16. The van der Waals surface area contributed by atoms with E-state index in [1.165, 1.54) is 0 Å². The Bertz CT molecular complexity index is 8140. The molecule has 0 radical (unpaired) electrons. The summed E-state index contributed by atoms with van der Waals surface area (Å²) in [6, 6.07) is 95.1. The van der Waals surface area contributed by atoms with Crippen molar-refractivity contribution in [2.24, 2.45) is 0 Å². The highest BCUT2D eigenvalue weighted by atomic mass is 32.2. The van der Waals surface area contributed by atoms with Crippen LogP contribution in [0, 0.1) is 56.7 Å². The number of rotatable bonds is 30. The first kappa shape index (κ1) is 105. The summed E-state index contributed by atoms with van der Waals surface area (Å²) in [5.41, 5.74) is 29.1. The van der Waals surface area contributed by atoms with Gasteiger partial charge < -0.3 is 71.4 Å². The van der Waals surface area contributed by atoms with Gasteiger partial charge in [-0.2, -0.15) is 26.3 Å². The van der Waals surface area contributed by atoms with Crippen molar-refractivity contribution in [2.75, 3.05) is 109 Å². The summed E-state index contributed by atoms with van der Waals surface area (Å²) in [4.78, 5) is 30.8. The second kappa shape index (κ2) is 48.4. The number of hydrogen-bond donors (Lipinski definition) is 4. The van der Waals surface area contributed by atoms with E-state index < -0.39 is 22.2 Å². The standard InChI is InChI=1S/C28H27N3O3.C27H25N3O3.C24H30N4O4S.C19H15N3OS.C18H17N3O/c1-4-14-34-28(32)30-22-10-6-9-21(15-22)27-25(18-29)24-17-20(12-13-26(24)31(27)5-2)19-8-7-11-23(16-19)33-3;1-4-30-25-13-12-19(18-8-7-11-22(15-18)32-3)16-23(25)24(17-28)26(30)20-9-6-10-21(14-20)29-27(31)33-5-2;1-5-28-23-16-20(32-15-13-27(2)12-14-31-3)10-11-21(23)22(17-25)24(28)18-6-8-19(9-7-18)26-33(4,29)30;1-3-22-16-10-12(23-2)8-9-13(16)14(11-20)18(22)19-21-15-6-4-5-7-17(15)24-19;1-3-21-17-8-7-14(22-2)10-15(17)16(11-19)18(21)12-5-4-6-13(20)9-12/h6-13,15-17H,4-5,14H2,1-3H3,(H,30,32);6-16H,4-5H2,1-3H3,(H,29,31);6-11,16,26H,5,12-15H2,1-4H3;4-10H,3H2,1-2H3;4-10H,3,20H2,1-2H3. The molecule has 6 heterocycles. The Kier molecular flexibility index (Phi) is 34.7. The highest BCUT2D eigenvalue weighted by Gasteiger charge is 2.27. The van der Waals surface area contributed by atoms with E-state index in [0.717, 1.165) is 210 Å². The highest BCUT2D eigenvalue weighted by molar-refractivity contribution is 7.92. The third kappa shape index (κ3) is 23.4. The number of aromatic nitrogens is 6. The third-order valence-electron chi connectivity index (χ3n) is 24.7. The predicted octanol–water partition coefficient (Wildman–Crippen LogP) is 25.4. The lowest BCUT2D eigenvalue weighted by Crippen LogP contribution is -2.27. The summed E-state index contributed by atoms with van der Waals surface area (Å²) in [5.74, 6) is 3.85. The van der Waals surface area contributed by atoms with Crippen LogP contribution in [0.4, 0.5) is 32.3 Å². The van der Waals surface area contributed by atoms with Crippen LogP contribution >= 0.6 is 11.3 Å². The molecule has 0 unspecified atom stereocenters. The zero-order valence-electron chi connectivity index (χ0n) is 84.0. The average molecular weight is 1990 g/mol. The molecule has 5 N–H and O–H groups in total. The minimum absolute atomic E-state index is 0.295. The van der Waals surface area contributed by atoms with Gasteiger partial charge >= 0.3 is 12.2 Å². The molecule has 0 bridgehead atoms. The van der Waals surface area contributed by atoms with Crippen molar-refractivity contribution < 1.29 is 55.9 Å². The Hall–Kier alpha value is -17.3. The maximum atomic E-state index is 12.0. The molecule has 2 amide bonds. The van der Waals surface area contributed by atoms with Crippen LogP contribution in [-0.2, 0) is 57.0 Å². The van der Waals surface area contributed by atoms with E-state index in [9.17, 15) is 44.3 Å². The third-order valence-corrected chi connectivity index (χ3v) is 26.3. The Labute approximate surface area is 853 Å². The molecule has 30 heteroatoms. The predicted molar refractivity (Wildman–Crippen MR) is 583 cm³/mol. The molecule has 0 aliphatic carbocycles. The number of benzene rings is 12. The van der Waals surface area contributed by atoms with Crippen molar-refractivity contribution in [3.05, 3.63) is 289 Å². The molecule has 0 atom stereocenters. The summed E-state index contributed by atoms with van der Waals surface area (Å²) < 4.78 is 79.8. The molecule has 0 saturated carbocycles. The number of nitriles is 5. The van der Waals surface area contributed by atoms with Crippen LogP contribution in [0.5, 0.6) is 28.7 Å². The molecule has 0 aliphatic rings. The van der Waals surface area contributed by atoms with E-state index >= 15 is 0 Å². The van der Waals surface area contributed by atoms with Crippen molar-refractivity contribution >= 4 is 121 Å². The largest absolute Gasteiger partial charge is 0.497 e. The Morgan fingerprint density at radius 2 is 0.781 bits per heavy atom.